The molecule has 1 atom stereocenters. The molecule has 3 heterocycles. The van der Waals surface area contributed by atoms with E-state index in [9.17, 15) is 4.79 Å². The lowest BCUT2D eigenvalue weighted by molar-refractivity contribution is 0.0924. The second-order valence-electron chi connectivity index (χ2n) is 7.12. The number of hydrogen-bond donors (Lipinski definition) is 1. The van der Waals surface area contributed by atoms with Crippen LogP contribution in [-0.4, -0.2) is 27.3 Å². The van der Waals surface area contributed by atoms with Crippen molar-refractivity contribution in [3.63, 3.8) is 0 Å². The van der Waals surface area contributed by atoms with E-state index in [-0.39, 0.29) is 11.9 Å². The van der Waals surface area contributed by atoms with Gasteiger partial charge in [-0.2, -0.15) is 5.10 Å². The van der Waals surface area contributed by atoms with Crippen molar-refractivity contribution in [1.82, 2.24) is 20.1 Å². The molecule has 0 aliphatic carbocycles. The molecule has 5 rings (SSSR count). The van der Waals surface area contributed by atoms with Crippen LogP contribution >= 0.6 is 0 Å². The summed E-state index contributed by atoms with van der Waals surface area (Å²) in [7, 11) is 0. The minimum Gasteiger partial charge on any atom is -0.493 e. The summed E-state index contributed by atoms with van der Waals surface area (Å²) in [5.74, 6) is 1.38. The van der Waals surface area contributed by atoms with Crippen molar-refractivity contribution in [1.29, 1.82) is 0 Å². The summed E-state index contributed by atoms with van der Waals surface area (Å²) in [4.78, 5) is 17.7. The van der Waals surface area contributed by atoms with Crippen LogP contribution in [0, 0.1) is 6.92 Å². The Labute approximate surface area is 168 Å². The number of rotatable bonds is 3. The predicted molar refractivity (Wildman–Crippen MR) is 110 cm³/mol. The number of aromatic nitrogens is 3. The van der Waals surface area contributed by atoms with Crippen LogP contribution in [0.4, 0.5) is 0 Å². The molecule has 0 bridgehead atoms. The molecule has 0 saturated heterocycles. The summed E-state index contributed by atoms with van der Waals surface area (Å²) < 4.78 is 7.39. The molecule has 2 aromatic carbocycles. The van der Waals surface area contributed by atoms with Gasteiger partial charge >= 0.3 is 0 Å². The molecule has 4 aromatic rings. The maximum Gasteiger partial charge on any atom is 0.255 e. The Morgan fingerprint density at radius 3 is 2.86 bits per heavy atom. The molecular weight excluding hydrogens is 364 g/mol. The Morgan fingerprint density at radius 2 is 1.93 bits per heavy atom. The third-order valence-electron chi connectivity index (χ3n) is 5.32. The number of nitrogens with zero attached hydrogens (tertiary/aromatic N) is 3. The van der Waals surface area contributed by atoms with Crippen LogP contribution in [0.3, 0.4) is 0 Å². The van der Waals surface area contributed by atoms with Gasteiger partial charge in [0.15, 0.2) is 5.82 Å². The molecule has 29 heavy (non-hydrogen) atoms. The zero-order valence-electron chi connectivity index (χ0n) is 16.0. The van der Waals surface area contributed by atoms with Crippen molar-refractivity contribution in [2.75, 3.05) is 6.61 Å². The maximum absolute atomic E-state index is 13.0. The summed E-state index contributed by atoms with van der Waals surface area (Å²) >= 11 is 0. The first-order valence-corrected chi connectivity index (χ1v) is 9.64. The molecule has 6 heteroatoms. The molecule has 1 unspecified atom stereocenters. The van der Waals surface area contributed by atoms with E-state index >= 15 is 0 Å². The van der Waals surface area contributed by atoms with E-state index in [2.05, 4.69) is 15.4 Å². The Kier molecular flexibility index (Phi) is 4.24. The van der Waals surface area contributed by atoms with Gasteiger partial charge in [-0.25, -0.2) is 9.67 Å². The first kappa shape index (κ1) is 17.4. The zero-order valence-corrected chi connectivity index (χ0v) is 16.0. The van der Waals surface area contributed by atoms with Gasteiger partial charge in [0, 0.05) is 17.4 Å². The van der Waals surface area contributed by atoms with Gasteiger partial charge in [0.2, 0.25) is 0 Å². The summed E-state index contributed by atoms with van der Waals surface area (Å²) in [6.07, 6.45) is 2.34. The molecule has 0 saturated carbocycles. The zero-order chi connectivity index (χ0) is 19.8. The quantitative estimate of drug-likeness (QED) is 0.580. The van der Waals surface area contributed by atoms with Gasteiger partial charge in [0.05, 0.1) is 35.6 Å². The molecule has 144 valence electrons. The largest absolute Gasteiger partial charge is 0.493 e. The van der Waals surface area contributed by atoms with Gasteiger partial charge < -0.3 is 10.1 Å². The van der Waals surface area contributed by atoms with E-state index in [0.717, 1.165) is 34.3 Å². The molecule has 0 spiro atoms. The fourth-order valence-electron chi connectivity index (χ4n) is 3.76. The van der Waals surface area contributed by atoms with Gasteiger partial charge in [-0.1, -0.05) is 36.4 Å². The smallest absolute Gasteiger partial charge is 0.255 e. The topological polar surface area (TPSA) is 69.0 Å². The number of carbonyl (C=O) groups excluding carboxylic acids is 1. The van der Waals surface area contributed by atoms with Gasteiger partial charge in [0.25, 0.3) is 5.91 Å². The lowest BCUT2D eigenvalue weighted by Crippen LogP contribution is -2.32. The van der Waals surface area contributed by atoms with Crippen LogP contribution in [0.1, 0.15) is 34.1 Å². The molecule has 6 nitrogen and oxygen atoms in total. The number of benzene rings is 2. The number of hydrogen-bond acceptors (Lipinski definition) is 4. The number of carbonyl (C=O) groups is 1. The monoisotopic (exact) mass is 384 g/mol. The lowest BCUT2D eigenvalue weighted by Gasteiger charge is -2.26. The van der Waals surface area contributed by atoms with E-state index in [4.69, 9.17) is 4.74 Å². The summed E-state index contributed by atoms with van der Waals surface area (Å²) in [6.45, 7) is 2.47. The van der Waals surface area contributed by atoms with Crippen LogP contribution in [-0.2, 0) is 0 Å². The molecule has 1 N–H and O–H groups in total. The highest BCUT2D eigenvalue weighted by molar-refractivity contribution is 5.95. The fraction of sp³-hybridized carbons (Fsp3) is 0.174. The third kappa shape index (κ3) is 3.12. The molecule has 1 aliphatic rings. The van der Waals surface area contributed by atoms with Crippen molar-refractivity contribution in [2.24, 2.45) is 0 Å². The molecule has 1 amide bonds. The molecule has 1 aliphatic heterocycles. The molecule has 2 aromatic heterocycles. The number of amides is 1. The highest BCUT2D eigenvalue weighted by atomic mass is 16.5. The Bertz CT molecular complexity index is 1210. The molecular formula is C23H20N4O2. The van der Waals surface area contributed by atoms with Crippen molar-refractivity contribution in [2.45, 2.75) is 19.4 Å². The average Bonchev–Trinajstić information content (AvgIpc) is 3.15. The number of nitrogens with one attached hydrogen (secondary N) is 1. The van der Waals surface area contributed by atoms with Crippen LogP contribution in [0.15, 0.2) is 66.9 Å². The Morgan fingerprint density at radius 1 is 1.10 bits per heavy atom. The highest BCUT2D eigenvalue weighted by Crippen LogP contribution is 2.31. The van der Waals surface area contributed by atoms with Crippen LogP contribution in [0.5, 0.6) is 5.75 Å². The molecule has 0 fully saturated rings. The predicted octanol–water partition coefficient (Wildman–Crippen LogP) is 3.98. The van der Waals surface area contributed by atoms with Crippen molar-refractivity contribution in [3.05, 3.63) is 83.7 Å². The van der Waals surface area contributed by atoms with E-state index < -0.39 is 0 Å². The Hall–Kier alpha value is -3.67. The van der Waals surface area contributed by atoms with Gasteiger partial charge in [-0.3, -0.25) is 4.79 Å². The number of ether oxygens (including phenoxy) is 1. The summed E-state index contributed by atoms with van der Waals surface area (Å²) in [6, 6.07) is 19.6. The van der Waals surface area contributed by atoms with Gasteiger partial charge in [0.1, 0.15) is 5.75 Å². The summed E-state index contributed by atoms with van der Waals surface area (Å²) in [5, 5.41) is 8.62. The minimum atomic E-state index is -0.142. The maximum atomic E-state index is 13.0. The van der Waals surface area contributed by atoms with E-state index in [1.807, 2.05) is 67.6 Å². The van der Waals surface area contributed by atoms with Crippen LogP contribution in [0.25, 0.3) is 16.7 Å². The standard InChI is InChI=1S/C23H20N4O2/c1-15-18(23(28)26-20-12-13-29-21-9-5-3-7-17(20)21)14-24-27(15)22-11-10-16-6-2-4-8-19(16)25-22/h2-11,14,20H,12-13H2,1H3,(H,26,28). The van der Waals surface area contributed by atoms with E-state index in [1.54, 1.807) is 10.9 Å². The number of fused-ring (bicyclic) bond motifs is 2. The first-order chi connectivity index (χ1) is 14.2. The Balaban J connectivity index is 1.43. The second-order valence-corrected chi connectivity index (χ2v) is 7.12. The van der Waals surface area contributed by atoms with Gasteiger partial charge in [-0.15, -0.1) is 0 Å². The third-order valence-corrected chi connectivity index (χ3v) is 5.32. The van der Waals surface area contributed by atoms with Crippen LogP contribution in [0.2, 0.25) is 0 Å². The summed E-state index contributed by atoms with van der Waals surface area (Å²) in [5.41, 5.74) is 3.20. The highest BCUT2D eigenvalue weighted by Gasteiger charge is 2.25. The van der Waals surface area contributed by atoms with Crippen molar-refractivity contribution < 1.29 is 9.53 Å². The van der Waals surface area contributed by atoms with E-state index in [1.165, 1.54) is 0 Å². The molecule has 0 radical (unpaired) electrons. The number of pyridine rings is 1. The second kappa shape index (κ2) is 7.05. The van der Waals surface area contributed by atoms with E-state index in [0.29, 0.717) is 18.0 Å². The normalized spacial score (nSPS) is 15.6. The number of para-hydroxylation sites is 2. The average molecular weight is 384 g/mol. The van der Waals surface area contributed by atoms with Crippen LogP contribution < -0.4 is 10.1 Å². The van der Waals surface area contributed by atoms with Gasteiger partial charge in [-0.05, 0) is 31.2 Å². The SMILES string of the molecule is Cc1c(C(=O)NC2CCOc3ccccc32)cnn1-c1ccc2ccccc2n1. The first-order valence-electron chi connectivity index (χ1n) is 9.64. The van der Waals surface area contributed by atoms with Crippen molar-refractivity contribution >= 4 is 16.8 Å². The van der Waals surface area contributed by atoms with Crippen molar-refractivity contribution in [3.8, 4) is 11.6 Å². The minimum absolute atomic E-state index is 0.0750. The lowest BCUT2D eigenvalue weighted by atomic mass is 10.0. The fourth-order valence-corrected chi connectivity index (χ4v) is 3.76.